The number of nitro benzene ring substituents is 1. The Balaban J connectivity index is 2.36. The molecule has 1 aromatic carbocycles. The van der Waals surface area contributed by atoms with Crippen molar-refractivity contribution in [2.75, 3.05) is 13.6 Å². The number of nitrogens with zero attached hydrogens (tertiary/aromatic N) is 3. The van der Waals surface area contributed by atoms with Crippen LogP contribution in [0.15, 0.2) is 18.2 Å². The zero-order chi connectivity index (χ0) is 15.7. The van der Waals surface area contributed by atoms with Crippen molar-refractivity contribution >= 4 is 23.5 Å². The maximum Gasteiger partial charge on any atom is 0.327 e. The molecule has 21 heavy (non-hydrogen) atoms. The van der Waals surface area contributed by atoms with Gasteiger partial charge in [-0.25, -0.2) is 4.79 Å². The first-order valence-corrected chi connectivity index (χ1v) is 5.94. The number of hydrogen-bond acceptors (Lipinski definition) is 5. The minimum Gasteiger partial charge on any atom is -0.366 e. The zero-order valence-corrected chi connectivity index (χ0v) is 11.1. The fourth-order valence-electron chi connectivity index (χ4n) is 2.02. The summed E-state index contributed by atoms with van der Waals surface area (Å²) >= 11 is 0. The minimum absolute atomic E-state index is 0.0124. The van der Waals surface area contributed by atoms with Crippen molar-refractivity contribution in [3.8, 4) is 0 Å². The monoisotopic (exact) mass is 292 g/mol. The van der Waals surface area contributed by atoms with E-state index in [0.29, 0.717) is 0 Å². The van der Waals surface area contributed by atoms with Crippen LogP contribution in [-0.2, 0) is 11.3 Å². The van der Waals surface area contributed by atoms with Crippen LogP contribution in [0.4, 0.5) is 10.5 Å². The van der Waals surface area contributed by atoms with Crippen molar-refractivity contribution in [1.82, 2.24) is 9.80 Å². The van der Waals surface area contributed by atoms with Gasteiger partial charge in [-0.2, -0.15) is 0 Å². The number of nitrogens with two attached hydrogens (primary N) is 1. The number of carbonyl (C=O) groups excluding carboxylic acids is 3. The minimum atomic E-state index is -0.794. The van der Waals surface area contributed by atoms with Crippen LogP contribution in [-0.4, -0.2) is 46.2 Å². The summed E-state index contributed by atoms with van der Waals surface area (Å²) in [5.74, 6) is -1.23. The molecule has 1 heterocycles. The standard InChI is InChI=1S/C12H12N4O5/c1-14-6-10(17)15(12(14)19)5-8-3-2-7(11(13)18)4-9(8)16(20)21/h2-4H,5-6H2,1H3,(H2,13,18). The fraction of sp³-hybridized carbons (Fsp3) is 0.250. The Labute approximate surface area is 119 Å². The van der Waals surface area contributed by atoms with Crippen LogP contribution in [0.2, 0.25) is 0 Å². The van der Waals surface area contributed by atoms with E-state index in [1.165, 1.54) is 24.1 Å². The highest BCUT2D eigenvalue weighted by atomic mass is 16.6. The number of urea groups is 1. The summed E-state index contributed by atoms with van der Waals surface area (Å²) in [6.45, 7) is -0.288. The van der Waals surface area contributed by atoms with Crippen LogP contribution in [0.3, 0.4) is 0 Å². The van der Waals surface area contributed by atoms with E-state index in [-0.39, 0.29) is 29.9 Å². The molecule has 0 radical (unpaired) electrons. The van der Waals surface area contributed by atoms with Crippen LogP contribution < -0.4 is 5.73 Å². The Morgan fingerprint density at radius 1 is 1.43 bits per heavy atom. The summed E-state index contributed by atoms with van der Waals surface area (Å²) in [6, 6.07) is 3.15. The van der Waals surface area contributed by atoms with E-state index >= 15 is 0 Å². The van der Waals surface area contributed by atoms with Crippen molar-refractivity contribution in [2.24, 2.45) is 5.73 Å². The first kappa shape index (κ1) is 14.4. The molecule has 1 aromatic rings. The van der Waals surface area contributed by atoms with E-state index < -0.39 is 22.8 Å². The molecule has 110 valence electrons. The molecule has 0 unspecified atom stereocenters. The van der Waals surface area contributed by atoms with Crippen LogP contribution >= 0.6 is 0 Å². The van der Waals surface area contributed by atoms with Gasteiger partial charge in [0.05, 0.1) is 11.5 Å². The lowest BCUT2D eigenvalue weighted by Crippen LogP contribution is -2.31. The lowest BCUT2D eigenvalue weighted by molar-refractivity contribution is -0.385. The molecule has 0 spiro atoms. The number of likely N-dealkylation sites (N-methyl/N-ethyl adjacent to an activating group) is 1. The number of carbonyl (C=O) groups is 3. The molecule has 9 heteroatoms. The fourth-order valence-corrected chi connectivity index (χ4v) is 2.02. The van der Waals surface area contributed by atoms with Gasteiger partial charge in [-0.15, -0.1) is 0 Å². The molecule has 0 saturated carbocycles. The Morgan fingerprint density at radius 2 is 2.10 bits per heavy atom. The molecule has 0 atom stereocenters. The molecule has 2 rings (SSSR count). The molecular weight excluding hydrogens is 280 g/mol. The largest absolute Gasteiger partial charge is 0.366 e. The summed E-state index contributed by atoms with van der Waals surface area (Å²) in [4.78, 5) is 47.0. The number of amides is 4. The molecule has 0 aromatic heterocycles. The van der Waals surface area contributed by atoms with Crippen molar-refractivity contribution in [2.45, 2.75) is 6.54 Å². The lowest BCUT2D eigenvalue weighted by atomic mass is 10.1. The third-order valence-electron chi connectivity index (χ3n) is 3.13. The number of primary amides is 1. The van der Waals surface area contributed by atoms with Crippen molar-refractivity contribution < 1.29 is 19.3 Å². The topological polar surface area (TPSA) is 127 Å². The summed E-state index contributed by atoms with van der Waals surface area (Å²) < 4.78 is 0. The Morgan fingerprint density at radius 3 is 2.57 bits per heavy atom. The highest BCUT2D eigenvalue weighted by Crippen LogP contribution is 2.23. The second-order valence-corrected chi connectivity index (χ2v) is 4.58. The van der Waals surface area contributed by atoms with Gasteiger partial charge in [0.15, 0.2) is 0 Å². The zero-order valence-electron chi connectivity index (χ0n) is 11.1. The van der Waals surface area contributed by atoms with E-state index in [1.54, 1.807) is 0 Å². The molecule has 2 N–H and O–H groups in total. The highest BCUT2D eigenvalue weighted by molar-refractivity contribution is 6.01. The highest BCUT2D eigenvalue weighted by Gasteiger charge is 2.34. The van der Waals surface area contributed by atoms with Gasteiger partial charge in [0.2, 0.25) is 5.91 Å². The van der Waals surface area contributed by atoms with E-state index in [2.05, 4.69) is 0 Å². The molecule has 1 aliphatic heterocycles. The van der Waals surface area contributed by atoms with E-state index in [1.807, 2.05) is 0 Å². The van der Waals surface area contributed by atoms with Gasteiger partial charge in [-0.05, 0) is 12.1 Å². The van der Waals surface area contributed by atoms with E-state index in [0.717, 1.165) is 11.0 Å². The van der Waals surface area contributed by atoms with Crippen LogP contribution in [0, 0.1) is 10.1 Å². The Bertz CT molecular complexity index is 657. The second-order valence-electron chi connectivity index (χ2n) is 4.58. The average Bonchev–Trinajstić information content (AvgIpc) is 2.65. The third kappa shape index (κ3) is 2.66. The normalized spacial score (nSPS) is 14.7. The summed E-state index contributed by atoms with van der Waals surface area (Å²) in [5, 5.41) is 11.1. The van der Waals surface area contributed by atoms with Crippen molar-refractivity contribution in [3.63, 3.8) is 0 Å². The molecule has 1 saturated heterocycles. The van der Waals surface area contributed by atoms with Crippen LogP contribution in [0.5, 0.6) is 0 Å². The average molecular weight is 292 g/mol. The van der Waals surface area contributed by atoms with Crippen LogP contribution in [0.1, 0.15) is 15.9 Å². The number of benzene rings is 1. The third-order valence-corrected chi connectivity index (χ3v) is 3.13. The maximum atomic E-state index is 11.8. The van der Waals surface area contributed by atoms with Crippen molar-refractivity contribution in [3.05, 3.63) is 39.4 Å². The van der Waals surface area contributed by atoms with Gasteiger partial charge in [0.1, 0.15) is 6.54 Å². The predicted molar refractivity (Wildman–Crippen MR) is 70.2 cm³/mol. The lowest BCUT2D eigenvalue weighted by Gasteiger charge is -2.14. The molecule has 0 bridgehead atoms. The molecule has 0 aliphatic carbocycles. The molecular formula is C12H12N4O5. The maximum absolute atomic E-state index is 11.8. The van der Waals surface area contributed by atoms with E-state index in [4.69, 9.17) is 5.73 Å². The molecule has 1 aliphatic rings. The van der Waals surface area contributed by atoms with Gasteiger partial charge in [-0.1, -0.05) is 0 Å². The summed E-state index contributed by atoms with van der Waals surface area (Å²) in [7, 11) is 1.46. The predicted octanol–water partition coefficient (Wildman–Crippen LogP) is 0.0877. The molecule has 4 amide bonds. The smallest absolute Gasteiger partial charge is 0.327 e. The number of nitro groups is 1. The van der Waals surface area contributed by atoms with E-state index in [9.17, 15) is 24.5 Å². The molecule has 1 fully saturated rings. The SMILES string of the molecule is CN1CC(=O)N(Cc2ccc(C(N)=O)cc2[N+](=O)[O-])C1=O. The number of hydrogen-bond donors (Lipinski definition) is 1. The molecule has 9 nitrogen and oxygen atoms in total. The van der Waals surface area contributed by atoms with Crippen molar-refractivity contribution in [1.29, 1.82) is 0 Å². The Kier molecular flexibility index (Phi) is 3.57. The van der Waals surface area contributed by atoms with Gasteiger partial charge >= 0.3 is 6.03 Å². The van der Waals surface area contributed by atoms with Gasteiger partial charge in [-0.3, -0.25) is 24.6 Å². The number of imide groups is 1. The van der Waals surface area contributed by atoms with Gasteiger partial charge < -0.3 is 10.6 Å². The Hall–Kier alpha value is -2.97. The van der Waals surface area contributed by atoms with Gasteiger partial charge in [0.25, 0.3) is 11.6 Å². The quantitative estimate of drug-likeness (QED) is 0.478. The first-order chi connectivity index (χ1) is 9.81. The summed E-state index contributed by atoms with van der Waals surface area (Å²) in [5.41, 5.74) is 4.85. The van der Waals surface area contributed by atoms with Crippen LogP contribution in [0.25, 0.3) is 0 Å². The van der Waals surface area contributed by atoms with Gasteiger partial charge in [0, 0.05) is 24.2 Å². The number of rotatable bonds is 4. The second kappa shape index (κ2) is 5.19. The first-order valence-electron chi connectivity index (χ1n) is 5.94. The summed E-state index contributed by atoms with van der Waals surface area (Å²) in [6.07, 6.45) is 0.